The van der Waals surface area contributed by atoms with E-state index in [-0.39, 0.29) is 5.66 Å². The summed E-state index contributed by atoms with van der Waals surface area (Å²) in [4.78, 5) is 0. The molecule has 0 aliphatic carbocycles. The largest absolute Gasteiger partial charge is 0.337 e. The fourth-order valence-electron chi connectivity index (χ4n) is 1.57. The van der Waals surface area contributed by atoms with E-state index in [9.17, 15) is 4.57 Å². The van der Waals surface area contributed by atoms with Gasteiger partial charge in [0.05, 0.1) is 18.9 Å². The zero-order valence-electron chi connectivity index (χ0n) is 10.4. The van der Waals surface area contributed by atoms with Crippen LogP contribution in [-0.2, 0) is 13.6 Å². The standard InChI is InChI=1S/C12H18BrO3P/c1-4-15-17(14,16-5-2)10(3)11-7-6-8-12(13)9-11/h6-10H,4-5H2,1-3H3. The molecule has 0 fully saturated rings. The van der Waals surface area contributed by atoms with E-state index in [1.165, 1.54) is 0 Å². The van der Waals surface area contributed by atoms with Crippen molar-refractivity contribution in [1.82, 2.24) is 0 Å². The summed E-state index contributed by atoms with van der Waals surface area (Å²) in [6.07, 6.45) is 0. The van der Waals surface area contributed by atoms with Gasteiger partial charge in [0, 0.05) is 4.47 Å². The van der Waals surface area contributed by atoms with Crippen LogP contribution in [0.3, 0.4) is 0 Å². The first-order chi connectivity index (χ1) is 8.03. The molecule has 0 saturated heterocycles. The zero-order chi connectivity index (χ0) is 12.9. The summed E-state index contributed by atoms with van der Waals surface area (Å²) >= 11 is 3.40. The maximum atomic E-state index is 12.6. The van der Waals surface area contributed by atoms with Gasteiger partial charge in [-0.1, -0.05) is 28.1 Å². The van der Waals surface area contributed by atoms with Crippen LogP contribution < -0.4 is 0 Å². The third-order valence-electron chi connectivity index (χ3n) is 2.42. The van der Waals surface area contributed by atoms with Gasteiger partial charge in [-0.2, -0.15) is 0 Å². The molecule has 0 radical (unpaired) electrons. The van der Waals surface area contributed by atoms with E-state index < -0.39 is 7.60 Å². The summed E-state index contributed by atoms with van der Waals surface area (Å²) in [5.74, 6) is 0. The highest BCUT2D eigenvalue weighted by Crippen LogP contribution is 2.60. The average Bonchev–Trinajstić information content (AvgIpc) is 2.28. The Morgan fingerprint density at radius 3 is 2.35 bits per heavy atom. The van der Waals surface area contributed by atoms with Crippen molar-refractivity contribution < 1.29 is 13.6 Å². The summed E-state index contributed by atoms with van der Waals surface area (Å²) in [6.45, 7) is 6.28. The van der Waals surface area contributed by atoms with Gasteiger partial charge in [-0.05, 0) is 38.5 Å². The minimum Gasteiger partial charge on any atom is -0.308 e. The second-order valence-corrected chi connectivity index (χ2v) is 6.89. The fourth-order valence-corrected chi connectivity index (χ4v) is 3.75. The molecule has 96 valence electrons. The second kappa shape index (κ2) is 6.69. The second-order valence-electron chi connectivity index (χ2n) is 3.61. The number of benzene rings is 1. The molecule has 0 bridgehead atoms. The Kier molecular flexibility index (Phi) is 5.87. The molecule has 0 heterocycles. The van der Waals surface area contributed by atoms with E-state index >= 15 is 0 Å². The van der Waals surface area contributed by atoms with Gasteiger partial charge >= 0.3 is 7.60 Å². The summed E-state index contributed by atoms with van der Waals surface area (Å²) in [5, 5.41) is 0. The molecular formula is C12H18BrO3P. The highest BCUT2D eigenvalue weighted by molar-refractivity contribution is 9.10. The fraction of sp³-hybridized carbons (Fsp3) is 0.500. The van der Waals surface area contributed by atoms with Crippen LogP contribution in [0.15, 0.2) is 28.7 Å². The Morgan fingerprint density at radius 1 is 1.29 bits per heavy atom. The lowest BCUT2D eigenvalue weighted by Gasteiger charge is -2.23. The van der Waals surface area contributed by atoms with E-state index in [1.807, 2.05) is 45.0 Å². The molecule has 0 aromatic heterocycles. The molecule has 3 nitrogen and oxygen atoms in total. The van der Waals surface area contributed by atoms with Gasteiger partial charge in [-0.3, -0.25) is 4.57 Å². The van der Waals surface area contributed by atoms with Crippen LogP contribution in [0.1, 0.15) is 32.0 Å². The van der Waals surface area contributed by atoms with Crippen molar-refractivity contribution in [2.24, 2.45) is 0 Å². The van der Waals surface area contributed by atoms with Crippen molar-refractivity contribution in [3.8, 4) is 0 Å². The van der Waals surface area contributed by atoms with Gasteiger partial charge < -0.3 is 9.05 Å². The SMILES string of the molecule is CCOP(=O)(OCC)C(C)c1cccc(Br)c1. The van der Waals surface area contributed by atoms with Crippen molar-refractivity contribution in [3.05, 3.63) is 34.3 Å². The quantitative estimate of drug-likeness (QED) is 0.708. The van der Waals surface area contributed by atoms with Crippen molar-refractivity contribution in [1.29, 1.82) is 0 Å². The predicted molar refractivity (Wildman–Crippen MR) is 73.4 cm³/mol. The van der Waals surface area contributed by atoms with Crippen LogP contribution in [-0.4, -0.2) is 13.2 Å². The molecule has 1 aromatic rings. The Morgan fingerprint density at radius 2 is 1.88 bits per heavy atom. The predicted octanol–water partition coefficient (Wildman–Crippen LogP) is 4.78. The number of rotatable bonds is 6. The third kappa shape index (κ3) is 3.92. The van der Waals surface area contributed by atoms with E-state index in [1.54, 1.807) is 0 Å². The Labute approximate surface area is 111 Å². The molecule has 0 spiro atoms. The Hall–Kier alpha value is -0.150. The number of hydrogen-bond acceptors (Lipinski definition) is 3. The molecule has 1 rings (SSSR count). The Balaban J connectivity index is 2.99. The lowest BCUT2D eigenvalue weighted by atomic mass is 10.2. The summed E-state index contributed by atoms with van der Waals surface area (Å²) < 4.78 is 24.2. The van der Waals surface area contributed by atoms with Crippen molar-refractivity contribution in [3.63, 3.8) is 0 Å². The first-order valence-electron chi connectivity index (χ1n) is 5.67. The van der Waals surface area contributed by atoms with Gasteiger partial charge in [-0.15, -0.1) is 0 Å². The highest BCUT2D eigenvalue weighted by atomic mass is 79.9. The lowest BCUT2D eigenvalue weighted by molar-refractivity contribution is 0.213. The minimum absolute atomic E-state index is 0.264. The van der Waals surface area contributed by atoms with Crippen LogP contribution in [0.25, 0.3) is 0 Å². The topological polar surface area (TPSA) is 35.5 Å². The summed E-state index contributed by atoms with van der Waals surface area (Å²) in [7, 11) is -3.07. The molecule has 1 atom stereocenters. The highest BCUT2D eigenvalue weighted by Gasteiger charge is 2.33. The van der Waals surface area contributed by atoms with Crippen molar-refractivity contribution >= 4 is 23.5 Å². The van der Waals surface area contributed by atoms with E-state index in [0.717, 1.165) is 10.0 Å². The molecule has 1 unspecified atom stereocenters. The molecule has 0 aliphatic heterocycles. The van der Waals surface area contributed by atoms with Crippen LogP contribution in [0.5, 0.6) is 0 Å². The van der Waals surface area contributed by atoms with Crippen molar-refractivity contribution in [2.45, 2.75) is 26.4 Å². The number of halogens is 1. The molecule has 0 N–H and O–H groups in total. The van der Waals surface area contributed by atoms with E-state index in [2.05, 4.69) is 15.9 Å². The first kappa shape index (κ1) is 14.9. The van der Waals surface area contributed by atoms with Gasteiger partial charge in [0.2, 0.25) is 0 Å². The van der Waals surface area contributed by atoms with Gasteiger partial charge in [0.25, 0.3) is 0 Å². The van der Waals surface area contributed by atoms with Crippen LogP contribution in [0.2, 0.25) is 0 Å². The minimum atomic E-state index is -3.07. The van der Waals surface area contributed by atoms with Crippen molar-refractivity contribution in [2.75, 3.05) is 13.2 Å². The van der Waals surface area contributed by atoms with Crippen LogP contribution >= 0.6 is 23.5 Å². The van der Waals surface area contributed by atoms with Gasteiger partial charge in [0.15, 0.2) is 0 Å². The Bertz CT molecular complexity index is 398. The first-order valence-corrected chi connectivity index (χ1v) is 8.08. The molecular weight excluding hydrogens is 303 g/mol. The van der Waals surface area contributed by atoms with E-state index in [4.69, 9.17) is 9.05 Å². The molecule has 0 amide bonds. The number of hydrogen-bond donors (Lipinski definition) is 0. The molecule has 0 saturated carbocycles. The zero-order valence-corrected chi connectivity index (χ0v) is 12.8. The molecule has 0 aliphatic rings. The third-order valence-corrected chi connectivity index (χ3v) is 5.40. The summed E-state index contributed by atoms with van der Waals surface area (Å²) in [5.41, 5.74) is 0.685. The maximum absolute atomic E-state index is 12.6. The lowest BCUT2D eigenvalue weighted by Crippen LogP contribution is -2.03. The van der Waals surface area contributed by atoms with Gasteiger partial charge in [0.1, 0.15) is 0 Å². The van der Waals surface area contributed by atoms with Crippen LogP contribution in [0.4, 0.5) is 0 Å². The normalized spacial score (nSPS) is 13.6. The van der Waals surface area contributed by atoms with E-state index in [0.29, 0.717) is 13.2 Å². The maximum Gasteiger partial charge on any atom is 0.337 e. The molecule has 1 aromatic carbocycles. The van der Waals surface area contributed by atoms with Gasteiger partial charge in [-0.25, -0.2) is 0 Å². The molecule has 5 heteroatoms. The smallest absolute Gasteiger partial charge is 0.308 e. The monoisotopic (exact) mass is 320 g/mol. The van der Waals surface area contributed by atoms with Crippen LogP contribution in [0, 0.1) is 0 Å². The summed E-state index contributed by atoms with van der Waals surface area (Å²) in [6, 6.07) is 7.72. The average molecular weight is 321 g/mol. The molecule has 17 heavy (non-hydrogen) atoms.